The van der Waals surface area contributed by atoms with Crippen LogP contribution in [0.2, 0.25) is 0 Å². The average Bonchev–Trinajstić information content (AvgIpc) is 2.81. The predicted molar refractivity (Wildman–Crippen MR) is 123 cm³/mol. The number of pyridine rings is 1. The predicted octanol–water partition coefficient (Wildman–Crippen LogP) is 5.32. The Morgan fingerprint density at radius 3 is 2.21 bits per heavy atom. The standard InChI is InChI=1S/C26H28F3N3O/c1-17-9-10-20(15-18(17)2)22(21-11-12-23(32-16-21)26(27,28)29)13-14-31-24(25(33)30-3)19-7-5-4-6-8-19/h4-12,15-16,22,24,31H,13-14H2,1-3H3,(H,30,33)/t22-,24-/m1/s1. The molecule has 0 spiro atoms. The van der Waals surface area contributed by atoms with E-state index < -0.39 is 17.9 Å². The summed E-state index contributed by atoms with van der Waals surface area (Å²) in [5, 5.41) is 5.99. The summed E-state index contributed by atoms with van der Waals surface area (Å²) in [7, 11) is 1.59. The van der Waals surface area contributed by atoms with Crippen molar-refractivity contribution < 1.29 is 18.0 Å². The first kappa shape index (κ1) is 24.5. The van der Waals surface area contributed by atoms with Gasteiger partial charge in [0.25, 0.3) is 0 Å². The summed E-state index contributed by atoms with van der Waals surface area (Å²) in [6, 6.07) is 17.5. The van der Waals surface area contributed by atoms with Crippen molar-refractivity contribution in [2.45, 2.75) is 38.4 Å². The highest BCUT2D eigenvalue weighted by Gasteiger charge is 2.32. The van der Waals surface area contributed by atoms with Crippen LogP contribution in [0.15, 0.2) is 66.9 Å². The third kappa shape index (κ3) is 6.20. The van der Waals surface area contributed by atoms with Gasteiger partial charge in [0.2, 0.25) is 5.91 Å². The van der Waals surface area contributed by atoms with Crippen molar-refractivity contribution in [1.82, 2.24) is 15.6 Å². The van der Waals surface area contributed by atoms with Crippen LogP contribution in [-0.4, -0.2) is 24.5 Å². The van der Waals surface area contributed by atoms with Gasteiger partial charge in [0, 0.05) is 19.2 Å². The summed E-state index contributed by atoms with van der Waals surface area (Å²) in [4.78, 5) is 16.1. The molecule has 3 rings (SSSR count). The zero-order valence-corrected chi connectivity index (χ0v) is 18.9. The van der Waals surface area contributed by atoms with Crippen molar-refractivity contribution in [2.24, 2.45) is 0 Å². The number of carbonyl (C=O) groups is 1. The fraction of sp³-hybridized carbons (Fsp3) is 0.308. The number of aryl methyl sites for hydroxylation is 2. The molecule has 2 aromatic carbocycles. The zero-order chi connectivity index (χ0) is 24.0. The molecule has 3 aromatic rings. The number of rotatable bonds is 8. The molecule has 0 unspecified atom stereocenters. The largest absolute Gasteiger partial charge is 0.433 e. The zero-order valence-electron chi connectivity index (χ0n) is 18.9. The Bertz CT molecular complexity index is 1070. The molecule has 0 saturated heterocycles. The van der Waals surface area contributed by atoms with E-state index in [2.05, 4.69) is 21.7 Å². The smallest absolute Gasteiger partial charge is 0.358 e. The van der Waals surface area contributed by atoms with E-state index in [4.69, 9.17) is 0 Å². The van der Waals surface area contributed by atoms with Gasteiger partial charge in [-0.3, -0.25) is 9.78 Å². The number of aromatic nitrogens is 1. The summed E-state index contributed by atoms with van der Waals surface area (Å²) < 4.78 is 39.0. The molecule has 0 radical (unpaired) electrons. The highest BCUT2D eigenvalue weighted by Crippen LogP contribution is 2.32. The molecule has 1 amide bonds. The van der Waals surface area contributed by atoms with Crippen LogP contribution in [0, 0.1) is 13.8 Å². The molecule has 0 saturated carbocycles. The topological polar surface area (TPSA) is 54.0 Å². The lowest BCUT2D eigenvalue weighted by Gasteiger charge is -2.22. The fourth-order valence-corrected chi connectivity index (χ4v) is 3.81. The lowest BCUT2D eigenvalue weighted by atomic mass is 9.87. The van der Waals surface area contributed by atoms with Gasteiger partial charge in [-0.15, -0.1) is 0 Å². The van der Waals surface area contributed by atoms with Crippen LogP contribution in [-0.2, 0) is 11.0 Å². The maximum absolute atomic E-state index is 13.0. The molecule has 1 heterocycles. The Morgan fingerprint density at radius 1 is 0.939 bits per heavy atom. The molecule has 0 aliphatic heterocycles. The third-order valence-electron chi connectivity index (χ3n) is 5.84. The molecular weight excluding hydrogens is 427 g/mol. The number of likely N-dealkylation sites (N-methyl/N-ethyl adjacent to an activating group) is 1. The Labute approximate surface area is 192 Å². The number of hydrogen-bond donors (Lipinski definition) is 2. The summed E-state index contributed by atoms with van der Waals surface area (Å²) >= 11 is 0. The van der Waals surface area contributed by atoms with Crippen molar-refractivity contribution in [3.63, 3.8) is 0 Å². The SMILES string of the molecule is CNC(=O)[C@H](NCC[C@@H](c1ccc(C(F)(F)F)nc1)c1ccc(C)c(C)c1)c1ccccc1. The van der Waals surface area contributed by atoms with Gasteiger partial charge in [-0.2, -0.15) is 13.2 Å². The first-order chi connectivity index (χ1) is 15.7. The molecule has 1 aromatic heterocycles. The molecule has 0 bridgehead atoms. The van der Waals surface area contributed by atoms with Crippen LogP contribution in [0.3, 0.4) is 0 Å². The lowest BCUT2D eigenvalue weighted by molar-refractivity contribution is -0.141. The quantitative estimate of drug-likeness (QED) is 0.484. The van der Waals surface area contributed by atoms with E-state index in [0.29, 0.717) is 18.5 Å². The van der Waals surface area contributed by atoms with Crippen LogP contribution in [0.25, 0.3) is 0 Å². The van der Waals surface area contributed by atoms with E-state index in [1.807, 2.05) is 56.3 Å². The van der Waals surface area contributed by atoms with Gasteiger partial charge < -0.3 is 10.6 Å². The lowest BCUT2D eigenvalue weighted by Crippen LogP contribution is -2.36. The molecule has 0 aliphatic rings. The van der Waals surface area contributed by atoms with Crippen molar-refractivity contribution in [2.75, 3.05) is 13.6 Å². The molecule has 174 valence electrons. The Hall–Kier alpha value is -3.19. The fourth-order valence-electron chi connectivity index (χ4n) is 3.81. The maximum atomic E-state index is 13.0. The molecule has 33 heavy (non-hydrogen) atoms. The van der Waals surface area contributed by atoms with Gasteiger partial charge in [0.15, 0.2) is 0 Å². The van der Waals surface area contributed by atoms with Crippen LogP contribution in [0.1, 0.15) is 51.9 Å². The molecule has 0 fully saturated rings. The van der Waals surface area contributed by atoms with Crippen molar-refractivity contribution in [3.05, 3.63) is 100 Å². The number of alkyl halides is 3. The molecule has 2 atom stereocenters. The van der Waals surface area contributed by atoms with Crippen molar-refractivity contribution in [3.8, 4) is 0 Å². The van der Waals surface area contributed by atoms with E-state index in [1.54, 1.807) is 7.05 Å². The highest BCUT2D eigenvalue weighted by atomic mass is 19.4. The first-order valence-electron chi connectivity index (χ1n) is 10.8. The van der Waals surface area contributed by atoms with E-state index in [9.17, 15) is 18.0 Å². The molecule has 7 heteroatoms. The van der Waals surface area contributed by atoms with Crippen LogP contribution >= 0.6 is 0 Å². The van der Waals surface area contributed by atoms with Crippen LogP contribution in [0.4, 0.5) is 13.2 Å². The number of nitrogens with zero attached hydrogens (tertiary/aromatic N) is 1. The first-order valence-corrected chi connectivity index (χ1v) is 10.8. The summed E-state index contributed by atoms with van der Waals surface area (Å²) in [5.74, 6) is -0.326. The summed E-state index contributed by atoms with van der Waals surface area (Å²) in [5.41, 5.74) is 3.88. The second-order valence-corrected chi connectivity index (χ2v) is 8.07. The molecule has 2 N–H and O–H groups in total. The molecule has 4 nitrogen and oxygen atoms in total. The summed E-state index contributed by atoms with van der Waals surface area (Å²) in [6.07, 6.45) is -2.60. The number of hydrogen-bond acceptors (Lipinski definition) is 3. The number of halogens is 3. The van der Waals surface area contributed by atoms with Crippen molar-refractivity contribution in [1.29, 1.82) is 0 Å². The third-order valence-corrected chi connectivity index (χ3v) is 5.84. The average molecular weight is 456 g/mol. The second-order valence-electron chi connectivity index (χ2n) is 8.07. The minimum Gasteiger partial charge on any atom is -0.358 e. The monoisotopic (exact) mass is 455 g/mol. The van der Waals surface area contributed by atoms with Crippen LogP contribution < -0.4 is 10.6 Å². The summed E-state index contributed by atoms with van der Waals surface area (Å²) in [6.45, 7) is 4.50. The Kier molecular flexibility index (Phi) is 7.87. The van der Waals surface area contributed by atoms with Gasteiger partial charge >= 0.3 is 6.18 Å². The minimum absolute atomic E-state index is 0.153. The maximum Gasteiger partial charge on any atom is 0.433 e. The van der Waals surface area contributed by atoms with Gasteiger partial charge in [-0.25, -0.2) is 0 Å². The highest BCUT2D eigenvalue weighted by molar-refractivity contribution is 5.82. The number of nitrogens with one attached hydrogen (secondary N) is 2. The van der Waals surface area contributed by atoms with Crippen LogP contribution in [0.5, 0.6) is 0 Å². The van der Waals surface area contributed by atoms with Gasteiger partial charge in [0.1, 0.15) is 11.7 Å². The Balaban J connectivity index is 1.85. The van der Waals surface area contributed by atoms with E-state index in [-0.39, 0.29) is 11.8 Å². The second kappa shape index (κ2) is 10.6. The van der Waals surface area contributed by atoms with E-state index in [0.717, 1.165) is 28.3 Å². The van der Waals surface area contributed by atoms with Crippen molar-refractivity contribution >= 4 is 5.91 Å². The van der Waals surface area contributed by atoms with Gasteiger partial charge in [-0.05, 0) is 60.7 Å². The van der Waals surface area contributed by atoms with E-state index in [1.165, 1.54) is 12.3 Å². The number of amides is 1. The molecular formula is C26H28F3N3O. The number of benzene rings is 2. The van der Waals surface area contributed by atoms with Gasteiger partial charge in [-0.1, -0.05) is 54.6 Å². The Morgan fingerprint density at radius 2 is 1.64 bits per heavy atom. The normalized spacial score (nSPS) is 13.4. The van der Waals surface area contributed by atoms with E-state index >= 15 is 0 Å². The number of carbonyl (C=O) groups excluding carboxylic acids is 1. The minimum atomic E-state index is -4.48. The molecule has 0 aliphatic carbocycles. The van der Waals surface area contributed by atoms with Gasteiger partial charge in [0.05, 0.1) is 0 Å².